The van der Waals surface area contributed by atoms with Crippen LogP contribution in [0.2, 0.25) is 0 Å². The normalized spacial score (nSPS) is 49.4. The zero-order valence-corrected chi connectivity index (χ0v) is 14.0. The summed E-state index contributed by atoms with van der Waals surface area (Å²) in [4.78, 5) is 23.6. The highest BCUT2D eigenvalue weighted by Crippen LogP contribution is 2.61. The van der Waals surface area contributed by atoms with Gasteiger partial charge in [-0.2, -0.15) is 0 Å². The number of hydrogen-bond acceptors (Lipinski definition) is 4. The SMILES string of the molecule is C[C@]12CCC(=O)C=C1CC[C@@H]1[C@@H]2CC[C@]2(C)OC(=O)[C@@H](O)C[C@@H]12. The smallest absolute Gasteiger partial charge is 0.335 e. The van der Waals surface area contributed by atoms with Crippen molar-refractivity contribution < 1.29 is 19.4 Å². The number of ether oxygens (including phenoxy) is 1. The van der Waals surface area contributed by atoms with Crippen molar-refractivity contribution in [2.24, 2.45) is 23.2 Å². The van der Waals surface area contributed by atoms with Gasteiger partial charge in [0.05, 0.1) is 0 Å². The predicted octanol–water partition coefficient (Wildman–Crippen LogP) is 2.78. The molecule has 0 aromatic rings. The Labute approximate surface area is 137 Å². The van der Waals surface area contributed by atoms with Crippen LogP contribution < -0.4 is 0 Å². The summed E-state index contributed by atoms with van der Waals surface area (Å²) in [6, 6.07) is 0. The molecule has 0 unspecified atom stereocenters. The fourth-order valence-corrected chi connectivity index (χ4v) is 6.03. The van der Waals surface area contributed by atoms with Gasteiger partial charge in [0.25, 0.3) is 0 Å². The molecule has 6 atom stereocenters. The van der Waals surface area contributed by atoms with Crippen LogP contribution in [0.1, 0.15) is 58.8 Å². The highest BCUT2D eigenvalue weighted by molar-refractivity contribution is 5.91. The van der Waals surface area contributed by atoms with Crippen LogP contribution in [0.15, 0.2) is 11.6 Å². The summed E-state index contributed by atoms with van der Waals surface area (Å²) in [7, 11) is 0. The quantitative estimate of drug-likeness (QED) is 0.698. The van der Waals surface area contributed by atoms with Crippen molar-refractivity contribution in [3.63, 3.8) is 0 Å². The van der Waals surface area contributed by atoms with Crippen LogP contribution in [0.4, 0.5) is 0 Å². The van der Waals surface area contributed by atoms with E-state index in [2.05, 4.69) is 13.8 Å². The molecule has 0 aromatic heterocycles. The van der Waals surface area contributed by atoms with E-state index in [1.165, 1.54) is 5.57 Å². The standard InChI is InChI=1S/C19H26O4/c1-18-7-5-12(20)9-11(18)3-4-13-14(18)6-8-19(2)15(13)10-16(21)17(22)23-19/h9,13-16,21H,3-8,10H2,1-2H3/t13-,14+,15+,16+,18+,19+/m1/s1. The highest BCUT2D eigenvalue weighted by atomic mass is 16.6. The number of ketones is 1. The fourth-order valence-electron chi connectivity index (χ4n) is 6.03. The molecule has 4 rings (SSSR count). The number of esters is 1. The number of allylic oxidation sites excluding steroid dienone is 2. The zero-order chi connectivity index (χ0) is 16.4. The lowest BCUT2D eigenvalue weighted by atomic mass is 9.48. The maximum absolute atomic E-state index is 11.8. The first-order chi connectivity index (χ1) is 10.8. The largest absolute Gasteiger partial charge is 0.457 e. The van der Waals surface area contributed by atoms with Crippen LogP contribution in [-0.4, -0.2) is 28.6 Å². The molecule has 126 valence electrons. The number of hydrogen-bond donors (Lipinski definition) is 1. The summed E-state index contributed by atoms with van der Waals surface area (Å²) >= 11 is 0. The molecule has 1 saturated heterocycles. The molecule has 4 aliphatic rings. The van der Waals surface area contributed by atoms with Gasteiger partial charge in [-0.25, -0.2) is 4.79 Å². The van der Waals surface area contributed by atoms with Gasteiger partial charge in [-0.3, -0.25) is 4.79 Å². The maximum atomic E-state index is 11.8. The molecule has 3 fully saturated rings. The second kappa shape index (κ2) is 4.92. The van der Waals surface area contributed by atoms with E-state index >= 15 is 0 Å². The molecule has 1 heterocycles. The Bertz CT molecular complexity index is 594. The second-order valence-corrected chi connectivity index (χ2v) is 8.49. The number of aliphatic hydroxyl groups is 1. The average Bonchev–Trinajstić information content (AvgIpc) is 2.49. The van der Waals surface area contributed by atoms with E-state index in [0.717, 1.165) is 32.1 Å². The Morgan fingerprint density at radius 1 is 1.13 bits per heavy atom. The van der Waals surface area contributed by atoms with E-state index in [0.29, 0.717) is 24.7 Å². The third kappa shape index (κ3) is 2.14. The van der Waals surface area contributed by atoms with Crippen LogP contribution in [0, 0.1) is 23.2 Å². The van der Waals surface area contributed by atoms with E-state index in [-0.39, 0.29) is 17.1 Å². The highest BCUT2D eigenvalue weighted by Gasteiger charge is 2.58. The van der Waals surface area contributed by atoms with Crippen molar-refractivity contribution in [1.29, 1.82) is 0 Å². The second-order valence-electron chi connectivity index (χ2n) is 8.49. The first-order valence-corrected chi connectivity index (χ1v) is 8.98. The van der Waals surface area contributed by atoms with Gasteiger partial charge in [0.1, 0.15) is 5.60 Å². The summed E-state index contributed by atoms with van der Waals surface area (Å²) in [5.74, 6) is 1.08. The lowest BCUT2D eigenvalue weighted by Crippen LogP contribution is -2.59. The summed E-state index contributed by atoms with van der Waals surface area (Å²) in [6.07, 6.45) is 7.01. The first kappa shape index (κ1) is 15.4. The van der Waals surface area contributed by atoms with E-state index in [1.807, 2.05) is 6.08 Å². The van der Waals surface area contributed by atoms with E-state index in [1.54, 1.807) is 0 Å². The molecular formula is C19H26O4. The van der Waals surface area contributed by atoms with E-state index in [4.69, 9.17) is 4.74 Å². The average molecular weight is 318 g/mol. The summed E-state index contributed by atoms with van der Waals surface area (Å²) in [5.41, 5.74) is 1.04. The van der Waals surface area contributed by atoms with Gasteiger partial charge in [-0.1, -0.05) is 12.5 Å². The van der Waals surface area contributed by atoms with Crippen molar-refractivity contribution >= 4 is 11.8 Å². The zero-order valence-electron chi connectivity index (χ0n) is 14.0. The Hall–Kier alpha value is -1.16. The minimum Gasteiger partial charge on any atom is -0.457 e. The van der Waals surface area contributed by atoms with Gasteiger partial charge in [0.2, 0.25) is 0 Å². The van der Waals surface area contributed by atoms with Crippen molar-refractivity contribution in [2.45, 2.75) is 70.5 Å². The molecule has 4 nitrogen and oxygen atoms in total. The van der Waals surface area contributed by atoms with Gasteiger partial charge < -0.3 is 9.84 Å². The Morgan fingerprint density at radius 3 is 2.70 bits per heavy atom. The molecule has 0 bridgehead atoms. The van der Waals surface area contributed by atoms with Crippen molar-refractivity contribution in [2.75, 3.05) is 0 Å². The summed E-state index contributed by atoms with van der Waals surface area (Å²) < 4.78 is 5.67. The fraction of sp³-hybridized carbons (Fsp3) is 0.789. The number of fused-ring (bicyclic) bond motifs is 5. The number of rotatable bonds is 0. The van der Waals surface area contributed by atoms with Crippen molar-refractivity contribution in [3.05, 3.63) is 11.6 Å². The van der Waals surface area contributed by atoms with Crippen LogP contribution in [-0.2, 0) is 14.3 Å². The molecule has 4 heteroatoms. The van der Waals surface area contributed by atoms with Gasteiger partial charge in [0.15, 0.2) is 11.9 Å². The number of carbonyl (C=O) groups excluding carboxylic acids is 2. The van der Waals surface area contributed by atoms with Crippen LogP contribution in [0.5, 0.6) is 0 Å². The summed E-state index contributed by atoms with van der Waals surface area (Å²) in [5, 5.41) is 10.0. The van der Waals surface area contributed by atoms with Crippen LogP contribution in [0.3, 0.4) is 0 Å². The Morgan fingerprint density at radius 2 is 1.91 bits per heavy atom. The topological polar surface area (TPSA) is 63.6 Å². The molecule has 0 aromatic carbocycles. The predicted molar refractivity (Wildman–Crippen MR) is 84.5 cm³/mol. The molecule has 1 aliphatic heterocycles. The lowest BCUT2D eigenvalue weighted by molar-refractivity contribution is -0.210. The molecule has 0 radical (unpaired) electrons. The Balaban J connectivity index is 1.68. The molecule has 23 heavy (non-hydrogen) atoms. The van der Waals surface area contributed by atoms with E-state index < -0.39 is 17.7 Å². The first-order valence-electron chi connectivity index (χ1n) is 8.98. The third-order valence-corrected chi connectivity index (χ3v) is 7.38. The van der Waals surface area contributed by atoms with Gasteiger partial charge in [0, 0.05) is 12.3 Å². The van der Waals surface area contributed by atoms with Gasteiger partial charge >= 0.3 is 5.97 Å². The van der Waals surface area contributed by atoms with Crippen molar-refractivity contribution in [3.8, 4) is 0 Å². The van der Waals surface area contributed by atoms with Crippen LogP contribution in [0.25, 0.3) is 0 Å². The molecule has 3 aliphatic carbocycles. The minimum atomic E-state index is -0.968. The molecule has 0 spiro atoms. The molecular weight excluding hydrogens is 292 g/mol. The molecule has 1 N–H and O–H groups in total. The van der Waals surface area contributed by atoms with E-state index in [9.17, 15) is 14.7 Å². The summed E-state index contributed by atoms with van der Waals surface area (Å²) in [6.45, 7) is 4.38. The lowest BCUT2D eigenvalue weighted by Gasteiger charge is -2.59. The molecule has 2 saturated carbocycles. The number of carbonyl (C=O) groups is 2. The van der Waals surface area contributed by atoms with Gasteiger partial charge in [-0.15, -0.1) is 0 Å². The van der Waals surface area contributed by atoms with Gasteiger partial charge in [-0.05, 0) is 68.8 Å². The minimum absolute atomic E-state index is 0.116. The van der Waals surface area contributed by atoms with Crippen LogP contribution >= 0.6 is 0 Å². The maximum Gasteiger partial charge on any atom is 0.335 e. The van der Waals surface area contributed by atoms with Crippen molar-refractivity contribution in [1.82, 2.24) is 0 Å². The third-order valence-electron chi connectivity index (χ3n) is 7.38. The Kier molecular flexibility index (Phi) is 3.29. The monoisotopic (exact) mass is 318 g/mol. The molecule has 0 amide bonds. The number of aliphatic hydroxyl groups excluding tert-OH is 1.